The van der Waals surface area contributed by atoms with Crippen LogP contribution in [0.3, 0.4) is 0 Å². The van der Waals surface area contributed by atoms with Crippen molar-refractivity contribution in [1.29, 1.82) is 0 Å². The fraction of sp³-hybridized carbons (Fsp3) is 0.476. The van der Waals surface area contributed by atoms with Crippen LogP contribution in [0.1, 0.15) is 38.9 Å². The van der Waals surface area contributed by atoms with Gasteiger partial charge in [0.25, 0.3) is 0 Å². The Balaban J connectivity index is 1.67. The summed E-state index contributed by atoms with van der Waals surface area (Å²) < 4.78 is 2.18. The molecule has 2 aromatic rings. The number of aromatic nitrogens is 2. The normalized spacial score (nSPS) is 17.8. The third-order valence-corrected chi connectivity index (χ3v) is 5.65. The predicted octanol–water partition coefficient (Wildman–Crippen LogP) is 5.35. The smallest absolute Gasteiger partial charge is 0.123 e. The van der Waals surface area contributed by atoms with E-state index < -0.39 is 0 Å². The van der Waals surface area contributed by atoms with E-state index in [0.717, 1.165) is 53.9 Å². The first kappa shape index (κ1) is 18.2. The minimum Gasteiger partial charge on any atom is -0.330 e. The minimum atomic E-state index is 0.729. The summed E-state index contributed by atoms with van der Waals surface area (Å²) in [5, 5.41) is 0.736. The molecule has 0 N–H and O–H groups in total. The van der Waals surface area contributed by atoms with Crippen LogP contribution in [-0.4, -0.2) is 27.5 Å². The van der Waals surface area contributed by atoms with E-state index in [0.29, 0.717) is 0 Å². The van der Waals surface area contributed by atoms with Gasteiger partial charge in [0.15, 0.2) is 0 Å². The fourth-order valence-corrected chi connectivity index (χ4v) is 4.01. The molecule has 1 aliphatic rings. The van der Waals surface area contributed by atoms with Crippen molar-refractivity contribution in [3.8, 4) is 0 Å². The van der Waals surface area contributed by atoms with E-state index in [1.807, 2.05) is 12.1 Å². The summed E-state index contributed by atoms with van der Waals surface area (Å²) in [5.74, 6) is 1.83. The number of hydrogen-bond acceptors (Lipinski definition) is 2. The number of benzene rings is 1. The van der Waals surface area contributed by atoms with Gasteiger partial charge in [-0.3, -0.25) is 4.90 Å². The van der Waals surface area contributed by atoms with Gasteiger partial charge in [-0.25, -0.2) is 4.98 Å². The first-order valence-electron chi connectivity index (χ1n) is 9.28. The molecule has 4 heteroatoms. The minimum absolute atomic E-state index is 0.729. The van der Waals surface area contributed by atoms with Crippen LogP contribution >= 0.6 is 11.6 Å². The zero-order valence-electron chi connectivity index (χ0n) is 15.5. The van der Waals surface area contributed by atoms with E-state index in [2.05, 4.69) is 54.7 Å². The molecule has 25 heavy (non-hydrogen) atoms. The molecule has 0 atom stereocenters. The predicted molar refractivity (Wildman–Crippen MR) is 107 cm³/mol. The maximum Gasteiger partial charge on any atom is 0.123 e. The number of para-hydroxylation sites is 1. The van der Waals surface area contributed by atoms with Crippen LogP contribution in [-0.2, 0) is 13.6 Å². The van der Waals surface area contributed by atoms with Gasteiger partial charge >= 0.3 is 0 Å². The molecule has 2 heterocycles. The van der Waals surface area contributed by atoms with Crippen LogP contribution in [0, 0.1) is 5.92 Å². The highest BCUT2D eigenvalue weighted by atomic mass is 35.5. The number of piperidine rings is 1. The number of fused-ring (bicyclic) bond motifs is 1. The Morgan fingerprint density at radius 1 is 1.32 bits per heavy atom. The Kier molecular flexibility index (Phi) is 5.98. The van der Waals surface area contributed by atoms with Crippen LogP contribution < -0.4 is 0 Å². The van der Waals surface area contributed by atoms with Gasteiger partial charge in [0, 0.05) is 7.05 Å². The van der Waals surface area contributed by atoms with Gasteiger partial charge in [0.05, 0.1) is 17.1 Å². The topological polar surface area (TPSA) is 21.1 Å². The van der Waals surface area contributed by atoms with Crippen LogP contribution in [0.15, 0.2) is 42.0 Å². The second-order valence-electron chi connectivity index (χ2n) is 6.87. The zero-order valence-corrected chi connectivity index (χ0v) is 16.3. The molecule has 134 valence electrons. The summed E-state index contributed by atoms with van der Waals surface area (Å²) in [6.07, 6.45) is 10.2. The van der Waals surface area contributed by atoms with Crippen LogP contribution in [0.2, 0.25) is 5.02 Å². The van der Waals surface area contributed by atoms with Crippen LogP contribution in [0.5, 0.6) is 0 Å². The number of likely N-dealkylation sites (tertiary alicyclic amines) is 1. The van der Waals surface area contributed by atoms with E-state index in [-0.39, 0.29) is 0 Å². The van der Waals surface area contributed by atoms with E-state index in [9.17, 15) is 0 Å². The highest BCUT2D eigenvalue weighted by molar-refractivity contribution is 6.34. The second-order valence-corrected chi connectivity index (χ2v) is 7.27. The second kappa shape index (κ2) is 8.20. The molecule has 0 spiro atoms. The lowest BCUT2D eigenvalue weighted by molar-refractivity contribution is 0.185. The maximum atomic E-state index is 6.30. The van der Waals surface area contributed by atoms with Crippen LogP contribution in [0.25, 0.3) is 11.0 Å². The van der Waals surface area contributed by atoms with Crippen molar-refractivity contribution in [1.82, 2.24) is 14.5 Å². The Bertz CT molecular complexity index is 780. The van der Waals surface area contributed by atoms with Gasteiger partial charge < -0.3 is 4.57 Å². The van der Waals surface area contributed by atoms with Crippen molar-refractivity contribution in [2.75, 3.05) is 13.1 Å². The van der Waals surface area contributed by atoms with Gasteiger partial charge in [0.2, 0.25) is 0 Å². The van der Waals surface area contributed by atoms with Gasteiger partial charge in [0.1, 0.15) is 11.3 Å². The zero-order chi connectivity index (χ0) is 17.8. The molecule has 1 fully saturated rings. The van der Waals surface area contributed by atoms with Gasteiger partial charge in [-0.1, -0.05) is 48.4 Å². The van der Waals surface area contributed by atoms with E-state index >= 15 is 0 Å². The Morgan fingerprint density at radius 2 is 2.08 bits per heavy atom. The van der Waals surface area contributed by atoms with Crippen molar-refractivity contribution in [2.24, 2.45) is 13.0 Å². The molecular formula is C21H28ClN3. The lowest BCUT2D eigenvalue weighted by Crippen LogP contribution is -2.34. The third kappa shape index (κ3) is 3.99. The molecule has 1 aromatic carbocycles. The van der Waals surface area contributed by atoms with E-state index in [1.165, 1.54) is 12.8 Å². The summed E-state index contributed by atoms with van der Waals surface area (Å²) >= 11 is 6.30. The standard InChI is InChI=1S/C21H28ClN3/c1-4-6-8-16(5-2)17-11-13-25(14-12-17)15-20-23-21-18(22)9-7-10-19(21)24(20)3/h4,6-10,17H,5,11-15H2,1-3H3/b6-4-,16-8+. The summed E-state index contributed by atoms with van der Waals surface area (Å²) in [6.45, 7) is 7.51. The van der Waals surface area contributed by atoms with Gasteiger partial charge in [-0.15, -0.1) is 0 Å². The summed E-state index contributed by atoms with van der Waals surface area (Å²) in [4.78, 5) is 7.31. The number of imidazole rings is 1. The average Bonchev–Trinajstić information content (AvgIpc) is 2.95. The lowest BCUT2D eigenvalue weighted by Gasteiger charge is -2.32. The Labute approximate surface area is 156 Å². The van der Waals surface area contributed by atoms with Crippen molar-refractivity contribution in [2.45, 2.75) is 39.7 Å². The molecule has 0 saturated carbocycles. The van der Waals surface area contributed by atoms with Crippen LogP contribution in [0.4, 0.5) is 0 Å². The van der Waals surface area contributed by atoms with Gasteiger partial charge in [-0.2, -0.15) is 0 Å². The lowest BCUT2D eigenvalue weighted by atomic mass is 9.87. The molecule has 0 aliphatic carbocycles. The average molecular weight is 358 g/mol. The Morgan fingerprint density at radius 3 is 2.72 bits per heavy atom. The monoisotopic (exact) mass is 357 g/mol. The summed E-state index contributed by atoms with van der Waals surface area (Å²) in [5.41, 5.74) is 3.62. The SMILES string of the molecule is C/C=C\C=C(/CC)C1CCN(Cc2nc3c(Cl)cccc3n2C)CC1. The highest BCUT2D eigenvalue weighted by Crippen LogP contribution is 2.28. The number of nitrogens with zero attached hydrogens (tertiary/aromatic N) is 3. The van der Waals surface area contributed by atoms with Crippen molar-refractivity contribution < 1.29 is 0 Å². The van der Waals surface area contributed by atoms with E-state index in [1.54, 1.807) is 5.57 Å². The first-order chi connectivity index (χ1) is 12.1. The number of halogens is 1. The van der Waals surface area contributed by atoms with Crippen molar-refractivity contribution >= 4 is 22.6 Å². The quantitative estimate of drug-likeness (QED) is 0.672. The highest BCUT2D eigenvalue weighted by Gasteiger charge is 2.22. The number of hydrogen-bond donors (Lipinski definition) is 0. The van der Waals surface area contributed by atoms with Gasteiger partial charge in [-0.05, 0) is 57.3 Å². The first-order valence-corrected chi connectivity index (χ1v) is 9.65. The third-order valence-electron chi connectivity index (χ3n) is 5.34. The molecule has 1 aliphatic heterocycles. The molecule has 0 amide bonds. The van der Waals surface area contributed by atoms with E-state index in [4.69, 9.17) is 16.6 Å². The molecule has 1 saturated heterocycles. The molecular weight excluding hydrogens is 330 g/mol. The molecule has 0 bridgehead atoms. The van der Waals surface area contributed by atoms with Crippen molar-refractivity contribution in [3.63, 3.8) is 0 Å². The molecule has 3 rings (SSSR count). The summed E-state index contributed by atoms with van der Waals surface area (Å²) in [7, 11) is 2.09. The number of rotatable bonds is 5. The summed E-state index contributed by atoms with van der Waals surface area (Å²) in [6, 6.07) is 5.99. The largest absolute Gasteiger partial charge is 0.330 e. The molecule has 0 unspecified atom stereocenters. The molecule has 0 radical (unpaired) electrons. The molecule has 1 aromatic heterocycles. The fourth-order valence-electron chi connectivity index (χ4n) is 3.79. The maximum absolute atomic E-state index is 6.30. The Hall–Kier alpha value is -1.58. The number of aryl methyl sites for hydroxylation is 1. The molecule has 3 nitrogen and oxygen atoms in total. The van der Waals surface area contributed by atoms with Crippen molar-refractivity contribution in [3.05, 3.63) is 52.8 Å². The number of allylic oxidation sites excluding steroid dienone is 4.